The zero-order valence-corrected chi connectivity index (χ0v) is 17.0. The third kappa shape index (κ3) is 4.65. The smallest absolute Gasteiger partial charge is 0.349 e. The molecule has 170 valence electrons. The van der Waals surface area contributed by atoms with E-state index in [1.54, 1.807) is 36.4 Å². The van der Waals surface area contributed by atoms with Gasteiger partial charge in [0.25, 0.3) is 0 Å². The Labute approximate surface area is 186 Å². The number of ether oxygens (including phenoxy) is 3. The van der Waals surface area contributed by atoms with Crippen molar-refractivity contribution in [2.24, 2.45) is 0 Å². The molecule has 3 aromatic rings. The van der Waals surface area contributed by atoms with Crippen LogP contribution in [0.4, 0.5) is 8.78 Å². The van der Waals surface area contributed by atoms with Crippen LogP contribution in [-0.2, 0) is 14.2 Å². The maximum atomic E-state index is 15.4. The van der Waals surface area contributed by atoms with Gasteiger partial charge in [0.1, 0.15) is 12.7 Å². The molecule has 0 bridgehead atoms. The van der Waals surface area contributed by atoms with Crippen LogP contribution in [0.25, 0.3) is 0 Å². The minimum absolute atomic E-state index is 0.0512. The number of rotatable bonds is 6. The fourth-order valence-electron chi connectivity index (χ4n) is 3.37. The van der Waals surface area contributed by atoms with Crippen LogP contribution >= 0.6 is 0 Å². The summed E-state index contributed by atoms with van der Waals surface area (Å²) >= 11 is 0. The van der Waals surface area contributed by atoms with E-state index >= 15 is 8.78 Å². The van der Waals surface area contributed by atoms with E-state index < -0.39 is 48.6 Å². The molecule has 0 saturated carbocycles. The fourth-order valence-corrected chi connectivity index (χ4v) is 3.37. The zero-order chi connectivity index (χ0) is 23.4. The number of nitrogens with zero attached hydrogens (tertiary/aromatic N) is 2. The Balaban J connectivity index is 1.60. The highest BCUT2D eigenvalue weighted by Crippen LogP contribution is 2.44. The summed E-state index contributed by atoms with van der Waals surface area (Å²) < 4.78 is 47.0. The van der Waals surface area contributed by atoms with Gasteiger partial charge in [0.05, 0.1) is 11.1 Å². The van der Waals surface area contributed by atoms with Gasteiger partial charge in [-0.25, -0.2) is 19.4 Å². The van der Waals surface area contributed by atoms with Crippen LogP contribution in [0, 0.1) is 0 Å². The second kappa shape index (κ2) is 9.29. The van der Waals surface area contributed by atoms with Crippen molar-refractivity contribution in [3.63, 3.8) is 0 Å². The normalized spacial score (nSPS) is 21.3. The van der Waals surface area contributed by atoms with Crippen molar-refractivity contribution >= 4 is 11.9 Å². The van der Waals surface area contributed by atoms with Gasteiger partial charge in [0.15, 0.2) is 6.10 Å². The summed E-state index contributed by atoms with van der Waals surface area (Å²) in [4.78, 5) is 40.3. The number of hydrogen-bond acceptors (Lipinski definition) is 7. The molecule has 0 radical (unpaired) electrons. The lowest BCUT2D eigenvalue weighted by atomic mass is 10.1. The number of carbonyl (C=O) groups excluding carboxylic acids is 2. The number of aromatic nitrogens is 2. The first-order valence-electron chi connectivity index (χ1n) is 9.92. The van der Waals surface area contributed by atoms with Gasteiger partial charge in [-0.1, -0.05) is 36.4 Å². The highest BCUT2D eigenvalue weighted by atomic mass is 19.3. The second-order valence-corrected chi connectivity index (χ2v) is 7.17. The maximum Gasteiger partial charge on any atom is 0.349 e. The summed E-state index contributed by atoms with van der Waals surface area (Å²) in [5.41, 5.74) is -0.715. The largest absolute Gasteiger partial charge is 0.459 e. The number of esters is 2. The van der Waals surface area contributed by atoms with E-state index in [4.69, 9.17) is 14.2 Å². The SMILES string of the molecule is O=C(OC[C@H]1O[C@@H](n2cccnc2=O)C(F)(F)[C@@H]1OC(=O)c1ccccc1)c1ccccc1. The lowest BCUT2D eigenvalue weighted by molar-refractivity contribution is -0.142. The summed E-state index contributed by atoms with van der Waals surface area (Å²) in [5.74, 6) is -5.61. The minimum atomic E-state index is -3.83. The van der Waals surface area contributed by atoms with Crippen LogP contribution < -0.4 is 5.69 Å². The van der Waals surface area contributed by atoms with Crippen LogP contribution in [-0.4, -0.2) is 46.2 Å². The summed E-state index contributed by atoms with van der Waals surface area (Å²) in [5, 5.41) is 0. The summed E-state index contributed by atoms with van der Waals surface area (Å²) in [7, 11) is 0. The van der Waals surface area contributed by atoms with Gasteiger partial charge in [-0.2, -0.15) is 8.78 Å². The molecule has 2 heterocycles. The van der Waals surface area contributed by atoms with Gasteiger partial charge in [-0.05, 0) is 30.3 Å². The van der Waals surface area contributed by atoms with Crippen LogP contribution in [0.1, 0.15) is 26.9 Å². The molecule has 3 atom stereocenters. The Morgan fingerprint density at radius 3 is 2.18 bits per heavy atom. The van der Waals surface area contributed by atoms with E-state index in [1.807, 2.05) is 0 Å². The maximum absolute atomic E-state index is 15.4. The van der Waals surface area contributed by atoms with Crippen LogP contribution in [0.2, 0.25) is 0 Å². The van der Waals surface area contributed by atoms with E-state index in [0.29, 0.717) is 4.57 Å². The third-order valence-corrected chi connectivity index (χ3v) is 4.97. The number of carbonyl (C=O) groups is 2. The highest BCUT2D eigenvalue weighted by molar-refractivity contribution is 5.90. The summed E-state index contributed by atoms with van der Waals surface area (Å²) in [6, 6.07) is 16.8. The average molecular weight is 456 g/mol. The zero-order valence-electron chi connectivity index (χ0n) is 17.0. The monoisotopic (exact) mass is 456 g/mol. The van der Waals surface area contributed by atoms with Crippen LogP contribution in [0.5, 0.6) is 0 Å². The van der Waals surface area contributed by atoms with Crippen molar-refractivity contribution in [2.45, 2.75) is 24.4 Å². The average Bonchev–Trinajstić information content (AvgIpc) is 3.08. The van der Waals surface area contributed by atoms with Gasteiger partial charge in [-0.15, -0.1) is 0 Å². The van der Waals surface area contributed by atoms with E-state index in [2.05, 4.69) is 4.98 Å². The molecule has 0 amide bonds. The molecule has 0 aliphatic carbocycles. The number of halogens is 2. The quantitative estimate of drug-likeness (QED) is 0.526. The fraction of sp³-hybridized carbons (Fsp3) is 0.217. The van der Waals surface area contributed by atoms with Crippen molar-refractivity contribution in [1.29, 1.82) is 0 Å². The molecular formula is C23H18F2N2O6. The molecule has 1 aliphatic heterocycles. The first kappa shape index (κ1) is 22.3. The molecule has 0 spiro atoms. The summed E-state index contributed by atoms with van der Waals surface area (Å²) in [6.07, 6.45) is -3.56. The predicted octanol–water partition coefficient (Wildman–Crippen LogP) is 2.86. The molecule has 33 heavy (non-hydrogen) atoms. The lowest BCUT2D eigenvalue weighted by Gasteiger charge is -2.24. The topological polar surface area (TPSA) is 96.7 Å². The standard InChI is InChI=1S/C23H18F2N2O6/c24-23(25)18(33-20(29)16-10-5-2-6-11-16)17(14-31-19(28)15-8-3-1-4-9-15)32-21(23)27-13-7-12-26-22(27)30/h1-13,17-18,21H,14H2/t17-,18-,21-/m1/s1. The first-order valence-corrected chi connectivity index (χ1v) is 9.92. The van der Waals surface area contributed by atoms with Crippen molar-refractivity contribution in [1.82, 2.24) is 9.55 Å². The predicted molar refractivity (Wildman–Crippen MR) is 110 cm³/mol. The number of hydrogen-bond donors (Lipinski definition) is 0. The van der Waals surface area contributed by atoms with Crippen molar-refractivity contribution in [3.05, 3.63) is 101 Å². The Morgan fingerprint density at radius 2 is 1.58 bits per heavy atom. The first-order chi connectivity index (χ1) is 15.9. The minimum Gasteiger partial charge on any atom is -0.459 e. The molecule has 1 aromatic heterocycles. The highest BCUT2D eigenvalue weighted by Gasteiger charge is 2.62. The summed E-state index contributed by atoms with van der Waals surface area (Å²) in [6.45, 7) is -0.637. The molecule has 4 rings (SSSR count). The van der Waals surface area contributed by atoms with Gasteiger partial charge in [0.2, 0.25) is 6.23 Å². The Hall–Kier alpha value is -3.92. The second-order valence-electron chi connectivity index (χ2n) is 7.17. The Morgan fingerprint density at radius 1 is 0.970 bits per heavy atom. The van der Waals surface area contributed by atoms with Gasteiger partial charge in [-0.3, -0.25) is 4.57 Å². The molecule has 1 fully saturated rings. The number of alkyl halides is 2. The Kier molecular flexibility index (Phi) is 6.27. The van der Waals surface area contributed by atoms with Crippen molar-refractivity contribution < 1.29 is 32.6 Å². The number of benzene rings is 2. The molecule has 10 heteroatoms. The molecule has 1 saturated heterocycles. The molecule has 8 nitrogen and oxygen atoms in total. The van der Waals surface area contributed by atoms with Crippen LogP contribution in [0.3, 0.4) is 0 Å². The van der Waals surface area contributed by atoms with Crippen molar-refractivity contribution in [2.75, 3.05) is 6.61 Å². The van der Waals surface area contributed by atoms with Crippen LogP contribution in [0.15, 0.2) is 83.9 Å². The molecular weight excluding hydrogens is 438 g/mol. The van der Waals surface area contributed by atoms with Gasteiger partial charge < -0.3 is 14.2 Å². The Bertz CT molecular complexity index is 1190. The molecule has 0 N–H and O–H groups in total. The van der Waals surface area contributed by atoms with E-state index in [9.17, 15) is 14.4 Å². The molecule has 2 aromatic carbocycles. The third-order valence-electron chi connectivity index (χ3n) is 4.97. The van der Waals surface area contributed by atoms with Gasteiger partial charge in [0, 0.05) is 12.4 Å². The van der Waals surface area contributed by atoms with E-state index in [-0.39, 0.29) is 11.1 Å². The van der Waals surface area contributed by atoms with E-state index in [1.165, 1.54) is 30.3 Å². The lowest BCUT2D eigenvalue weighted by Crippen LogP contribution is -2.44. The van der Waals surface area contributed by atoms with E-state index in [0.717, 1.165) is 12.4 Å². The molecule has 0 unspecified atom stereocenters. The molecule has 1 aliphatic rings. The van der Waals surface area contributed by atoms with Gasteiger partial charge >= 0.3 is 23.6 Å². The van der Waals surface area contributed by atoms with Crippen molar-refractivity contribution in [3.8, 4) is 0 Å².